The van der Waals surface area contributed by atoms with Crippen molar-refractivity contribution in [3.05, 3.63) is 35.9 Å². The van der Waals surface area contributed by atoms with E-state index in [9.17, 15) is 0 Å². The Labute approximate surface area is 249 Å². The van der Waals surface area contributed by atoms with E-state index in [1.807, 2.05) is 45.9 Å². The maximum absolute atomic E-state index is 8.99. The molecule has 9 heteroatoms. The molecule has 1 N–H and O–H groups in total. The molecule has 2 fully saturated rings. The van der Waals surface area contributed by atoms with Gasteiger partial charge in [-0.2, -0.15) is 0 Å². The number of oxime groups is 1. The first-order chi connectivity index (χ1) is 19.1. The van der Waals surface area contributed by atoms with Crippen molar-refractivity contribution in [3.8, 4) is 0 Å². The highest BCUT2D eigenvalue weighted by atomic mass is 28.4. The van der Waals surface area contributed by atoms with Gasteiger partial charge in [0.25, 0.3) is 0 Å². The van der Waals surface area contributed by atoms with E-state index in [0.717, 1.165) is 25.7 Å². The average Bonchev–Trinajstić information content (AvgIpc) is 2.86. The van der Waals surface area contributed by atoms with Crippen LogP contribution in [0.3, 0.4) is 0 Å². The van der Waals surface area contributed by atoms with Crippen LogP contribution in [0.1, 0.15) is 92.6 Å². The van der Waals surface area contributed by atoms with Gasteiger partial charge in [0.15, 0.2) is 19.9 Å². The molecule has 0 amide bonds. The molecule has 0 aromatic heterocycles. The lowest BCUT2D eigenvalue weighted by atomic mass is 9.95. The van der Waals surface area contributed by atoms with Crippen LogP contribution in [0.2, 0.25) is 18.1 Å². The highest BCUT2D eigenvalue weighted by Gasteiger charge is 2.45. The third-order valence-corrected chi connectivity index (χ3v) is 12.9. The van der Waals surface area contributed by atoms with Gasteiger partial charge in [0.2, 0.25) is 0 Å². The zero-order valence-corrected chi connectivity index (χ0v) is 27.9. The van der Waals surface area contributed by atoms with E-state index in [1.165, 1.54) is 11.8 Å². The second kappa shape index (κ2) is 14.4. The summed E-state index contributed by atoms with van der Waals surface area (Å²) >= 11 is 0. The summed E-state index contributed by atoms with van der Waals surface area (Å²) in [4.78, 5) is 0. The van der Waals surface area contributed by atoms with Gasteiger partial charge in [0.05, 0.1) is 37.1 Å². The van der Waals surface area contributed by atoms with Crippen molar-refractivity contribution in [1.82, 2.24) is 0 Å². The first-order valence-corrected chi connectivity index (χ1v) is 18.2. The minimum atomic E-state index is -2.09. The molecule has 0 unspecified atom stereocenters. The van der Waals surface area contributed by atoms with Gasteiger partial charge in [-0.05, 0) is 70.7 Å². The summed E-state index contributed by atoms with van der Waals surface area (Å²) < 4.78 is 38.3. The van der Waals surface area contributed by atoms with Gasteiger partial charge >= 0.3 is 0 Å². The fourth-order valence-electron chi connectivity index (χ4n) is 5.46. The van der Waals surface area contributed by atoms with Gasteiger partial charge in [-0.3, -0.25) is 0 Å². The first-order valence-electron chi connectivity index (χ1n) is 15.3. The molecule has 41 heavy (non-hydrogen) atoms. The van der Waals surface area contributed by atoms with Crippen molar-refractivity contribution in [1.29, 1.82) is 0 Å². The molecule has 0 spiro atoms. The summed E-state index contributed by atoms with van der Waals surface area (Å²) in [7, 11) is -2.09. The van der Waals surface area contributed by atoms with Gasteiger partial charge in [-0.1, -0.05) is 51.1 Å². The third kappa shape index (κ3) is 11.0. The van der Waals surface area contributed by atoms with Crippen molar-refractivity contribution >= 4 is 14.5 Å². The van der Waals surface area contributed by atoms with E-state index in [4.69, 9.17) is 33.3 Å². The summed E-state index contributed by atoms with van der Waals surface area (Å²) in [5.41, 5.74) is 1.18. The highest BCUT2D eigenvalue weighted by molar-refractivity contribution is 6.74. The standard InChI is InChI=1S/C32H55NO7Si/c1-30(2,3)41(8,9)40-28(29-22-26(17-19-33-34)37-32(6,7)39-29)16-15-25-21-27(38-31(4,5)36-25)18-20-35-23-24-13-11-10-12-14-24/h10-14,19,25-29,34H,15-18,20-23H2,1-9H3/b33-19+/t25-,26-,27+,28-,29-/m1/s1. The highest BCUT2D eigenvalue weighted by Crippen LogP contribution is 2.41. The van der Waals surface area contributed by atoms with Gasteiger partial charge < -0.3 is 33.3 Å². The number of nitrogens with zero attached hydrogens (tertiary/aromatic N) is 1. The molecule has 234 valence electrons. The number of ether oxygens (including phenoxy) is 5. The topological polar surface area (TPSA) is 88.0 Å². The molecule has 1 aromatic rings. The fourth-order valence-corrected chi connectivity index (χ4v) is 6.84. The minimum Gasteiger partial charge on any atom is -0.411 e. The van der Waals surface area contributed by atoms with E-state index in [2.05, 4.69) is 51.2 Å². The lowest BCUT2D eigenvalue weighted by Crippen LogP contribution is -2.54. The smallest absolute Gasteiger partial charge is 0.192 e. The first kappa shape index (κ1) is 34.2. The van der Waals surface area contributed by atoms with E-state index < -0.39 is 19.9 Å². The Bertz CT molecular complexity index is 947. The molecular weight excluding hydrogens is 538 g/mol. The second-order valence-electron chi connectivity index (χ2n) is 14.0. The molecule has 2 heterocycles. The number of rotatable bonds is 13. The largest absolute Gasteiger partial charge is 0.411 e. The van der Waals surface area contributed by atoms with Crippen LogP contribution in [0.15, 0.2) is 35.5 Å². The molecule has 2 aliphatic heterocycles. The van der Waals surface area contributed by atoms with Crippen LogP contribution in [0.4, 0.5) is 0 Å². The second-order valence-corrected chi connectivity index (χ2v) is 18.8. The van der Waals surface area contributed by atoms with Crippen molar-refractivity contribution in [2.24, 2.45) is 5.16 Å². The normalized spacial score (nSPS) is 27.6. The van der Waals surface area contributed by atoms with Gasteiger partial charge in [0, 0.05) is 32.1 Å². The number of benzene rings is 1. The van der Waals surface area contributed by atoms with E-state index in [0.29, 0.717) is 26.1 Å². The van der Waals surface area contributed by atoms with Crippen molar-refractivity contribution in [3.63, 3.8) is 0 Å². The predicted octanol–water partition coefficient (Wildman–Crippen LogP) is 7.43. The van der Waals surface area contributed by atoms with E-state index >= 15 is 0 Å². The molecule has 2 saturated heterocycles. The summed E-state index contributed by atoms with van der Waals surface area (Å²) in [6.45, 7) is 20.5. The number of hydrogen-bond donors (Lipinski definition) is 1. The zero-order valence-electron chi connectivity index (χ0n) is 26.9. The zero-order chi connectivity index (χ0) is 30.3. The van der Waals surface area contributed by atoms with Crippen LogP contribution in [0, 0.1) is 0 Å². The lowest BCUT2D eigenvalue weighted by Gasteiger charge is -2.47. The monoisotopic (exact) mass is 593 g/mol. The van der Waals surface area contributed by atoms with Crippen LogP contribution in [0.25, 0.3) is 0 Å². The Morgan fingerprint density at radius 1 is 0.951 bits per heavy atom. The van der Waals surface area contributed by atoms with Gasteiger partial charge in [0.1, 0.15) is 0 Å². The Morgan fingerprint density at radius 2 is 1.56 bits per heavy atom. The molecule has 3 rings (SSSR count). The summed E-state index contributed by atoms with van der Waals surface area (Å²) in [6.07, 6.45) is 5.77. The Kier molecular flexibility index (Phi) is 12.0. The molecule has 0 saturated carbocycles. The summed E-state index contributed by atoms with van der Waals surface area (Å²) in [6, 6.07) is 10.2. The Hall–Kier alpha value is -1.33. The molecule has 1 aromatic carbocycles. The molecule has 0 radical (unpaired) electrons. The molecule has 5 atom stereocenters. The Balaban J connectivity index is 1.66. The quantitative estimate of drug-likeness (QED) is 0.0836. The van der Waals surface area contributed by atoms with Crippen molar-refractivity contribution in [2.75, 3.05) is 6.61 Å². The van der Waals surface area contributed by atoms with Gasteiger partial charge in [-0.25, -0.2) is 0 Å². The third-order valence-electron chi connectivity index (χ3n) is 8.39. The average molecular weight is 594 g/mol. The molecule has 0 aliphatic carbocycles. The maximum Gasteiger partial charge on any atom is 0.192 e. The Morgan fingerprint density at radius 3 is 2.20 bits per heavy atom. The van der Waals surface area contributed by atoms with Crippen LogP contribution in [0.5, 0.6) is 0 Å². The predicted molar refractivity (Wildman–Crippen MR) is 164 cm³/mol. The van der Waals surface area contributed by atoms with Crippen LogP contribution in [-0.4, -0.2) is 68.4 Å². The summed E-state index contributed by atoms with van der Waals surface area (Å²) in [5, 5.41) is 12.2. The lowest BCUT2D eigenvalue weighted by molar-refractivity contribution is -0.313. The SMILES string of the molecule is CC1(C)O[C@H](CC[C@@H](O[Si](C)(C)C(C)(C)C)[C@H]2C[C@@H](C/C=N/O)OC(C)(C)O2)C[C@H](CCOCc2ccccc2)O1. The molecule has 8 nitrogen and oxygen atoms in total. The van der Waals surface area contributed by atoms with Crippen LogP contribution in [-0.2, 0) is 34.7 Å². The molecule has 0 bridgehead atoms. The van der Waals surface area contributed by atoms with Crippen molar-refractivity contribution in [2.45, 2.75) is 154 Å². The summed E-state index contributed by atoms with van der Waals surface area (Å²) in [5.74, 6) is -1.41. The van der Waals surface area contributed by atoms with Gasteiger partial charge in [-0.15, -0.1) is 5.16 Å². The van der Waals surface area contributed by atoms with Crippen LogP contribution >= 0.6 is 0 Å². The minimum absolute atomic E-state index is 0.0496. The fraction of sp³-hybridized carbons (Fsp3) is 0.781. The molecular formula is C32H55NO7Si. The molecule has 2 aliphatic rings. The van der Waals surface area contributed by atoms with Crippen molar-refractivity contribution < 1.29 is 33.3 Å². The van der Waals surface area contributed by atoms with E-state index in [1.54, 1.807) is 0 Å². The van der Waals surface area contributed by atoms with Crippen LogP contribution < -0.4 is 0 Å². The van der Waals surface area contributed by atoms with E-state index in [-0.39, 0.29) is 35.6 Å². The maximum atomic E-state index is 8.99. The number of hydrogen-bond acceptors (Lipinski definition) is 8.